The third-order valence-electron chi connectivity index (χ3n) is 7.74. The lowest BCUT2D eigenvalue weighted by Gasteiger charge is -2.47. The topological polar surface area (TPSA) is 52.3 Å². The minimum atomic E-state index is -0.0391. The van der Waals surface area contributed by atoms with Crippen LogP contribution in [0, 0.1) is 18.3 Å². The Balaban J connectivity index is 1.47. The summed E-state index contributed by atoms with van der Waals surface area (Å²) >= 11 is 0. The molecule has 2 atom stereocenters. The zero-order valence-electron chi connectivity index (χ0n) is 22.6. The average molecular weight is 503 g/mol. The van der Waals surface area contributed by atoms with E-state index in [1.165, 1.54) is 11.4 Å². The van der Waals surface area contributed by atoms with Gasteiger partial charge in [0.15, 0.2) is 0 Å². The summed E-state index contributed by atoms with van der Waals surface area (Å²) in [6.07, 6.45) is 2.91. The number of nitrogens with zero attached hydrogens (tertiary/aromatic N) is 4. The summed E-state index contributed by atoms with van der Waals surface area (Å²) in [6.45, 7) is 14.9. The van der Waals surface area contributed by atoms with Crippen LogP contribution in [-0.4, -0.2) is 34.6 Å². The molecule has 3 aromatic carbocycles. The van der Waals surface area contributed by atoms with E-state index in [1.807, 2.05) is 67.7 Å². The molecule has 5 heteroatoms. The number of benzene rings is 3. The maximum absolute atomic E-state index is 13.7. The Bertz CT molecular complexity index is 1580. The Morgan fingerprint density at radius 2 is 1.61 bits per heavy atom. The molecule has 2 heterocycles. The third kappa shape index (κ3) is 4.48. The van der Waals surface area contributed by atoms with Gasteiger partial charge in [0.25, 0.3) is 5.56 Å². The van der Waals surface area contributed by atoms with Gasteiger partial charge in [-0.2, -0.15) is 5.26 Å². The Labute approximate surface area is 224 Å². The summed E-state index contributed by atoms with van der Waals surface area (Å²) in [5, 5.41) is 10.8. The highest BCUT2D eigenvalue weighted by Crippen LogP contribution is 2.31. The Morgan fingerprint density at radius 3 is 2.21 bits per heavy atom. The lowest BCUT2D eigenvalue weighted by Crippen LogP contribution is -2.56. The Hall–Kier alpha value is -4.30. The number of rotatable bonds is 5. The summed E-state index contributed by atoms with van der Waals surface area (Å²) < 4.78 is 1.75. The second-order valence-electron chi connectivity index (χ2n) is 10.4. The monoisotopic (exact) mass is 502 g/mol. The predicted molar refractivity (Wildman–Crippen MR) is 157 cm³/mol. The van der Waals surface area contributed by atoms with E-state index in [0.29, 0.717) is 23.0 Å². The molecule has 0 amide bonds. The largest absolute Gasteiger partial charge is 0.367 e. The van der Waals surface area contributed by atoms with E-state index in [2.05, 4.69) is 55.4 Å². The van der Waals surface area contributed by atoms with Crippen molar-refractivity contribution < 1.29 is 0 Å². The van der Waals surface area contributed by atoms with E-state index in [9.17, 15) is 4.79 Å². The first kappa shape index (κ1) is 25.4. The van der Waals surface area contributed by atoms with Gasteiger partial charge in [0, 0.05) is 53.8 Å². The van der Waals surface area contributed by atoms with Gasteiger partial charge in [-0.05, 0) is 91.7 Å². The molecule has 1 aliphatic rings. The molecule has 1 saturated heterocycles. The number of anilines is 1. The number of allylic oxidation sites excluding steroid dienone is 1. The van der Waals surface area contributed by atoms with Crippen LogP contribution in [0.2, 0.25) is 0 Å². The molecule has 192 valence electrons. The normalized spacial score (nSPS) is 17.4. The molecule has 1 fully saturated rings. The maximum atomic E-state index is 13.7. The van der Waals surface area contributed by atoms with Crippen molar-refractivity contribution in [3.05, 3.63) is 107 Å². The van der Waals surface area contributed by atoms with Crippen molar-refractivity contribution in [3.8, 4) is 22.9 Å². The first-order valence-corrected chi connectivity index (χ1v) is 13.3. The average Bonchev–Trinajstić information content (AvgIpc) is 2.94. The summed E-state index contributed by atoms with van der Waals surface area (Å²) in [7, 11) is 0. The maximum Gasteiger partial charge on any atom is 0.262 e. The van der Waals surface area contributed by atoms with Crippen molar-refractivity contribution in [2.75, 3.05) is 18.0 Å². The standard InChI is InChI=1S/C33H34N4O/c1-6-23(3)37-24(4)20-35(21-25(37)5)28-14-16-29(17-15-28)36-19-22(2)32-30(8-7-9-31(32)33(36)38)27-12-10-26(18-34)11-13-27/h7-17,19,24-25H,3,6,20-21H2,1-2,4-5H3. The zero-order valence-corrected chi connectivity index (χ0v) is 22.6. The molecule has 4 aromatic rings. The first-order valence-electron chi connectivity index (χ1n) is 13.3. The molecule has 5 rings (SSSR count). The fourth-order valence-electron chi connectivity index (χ4n) is 5.92. The third-order valence-corrected chi connectivity index (χ3v) is 7.74. The second kappa shape index (κ2) is 10.2. The highest BCUT2D eigenvalue weighted by Gasteiger charge is 2.29. The van der Waals surface area contributed by atoms with Gasteiger partial charge in [-0.3, -0.25) is 9.36 Å². The van der Waals surface area contributed by atoms with Crippen LogP contribution in [0.3, 0.4) is 0 Å². The molecular formula is C33H34N4O. The molecule has 5 nitrogen and oxygen atoms in total. The summed E-state index contributed by atoms with van der Waals surface area (Å²) in [5.41, 5.74) is 6.82. The zero-order chi connectivity index (χ0) is 27.0. The summed E-state index contributed by atoms with van der Waals surface area (Å²) in [5.74, 6) is 0. The number of nitriles is 1. The van der Waals surface area contributed by atoms with E-state index in [0.717, 1.165) is 47.3 Å². The number of hydrogen-bond donors (Lipinski definition) is 0. The molecule has 0 N–H and O–H groups in total. The van der Waals surface area contributed by atoms with Gasteiger partial charge in [-0.15, -0.1) is 0 Å². The SMILES string of the molecule is C=C(CC)N1C(C)CN(c2ccc(-n3cc(C)c4c(-c5ccc(C#N)cc5)cccc4c3=O)cc2)CC1C. The van der Waals surface area contributed by atoms with Gasteiger partial charge >= 0.3 is 0 Å². The van der Waals surface area contributed by atoms with Gasteiger partial charge in [0.2, 0.25) is 0 Å². The van der Waals surface area contributed by atoms with Gasteiger partial charge in [0.05, 0.1) is 11.6 Å². The lowest BCUT2D eigenvalue weighted by molar-refractivity contribution is 0.175. The number of pyridine rings is 1. The molecule has 0 spiro atoms. The highest BCUT2D eigenvalue weighted by molar-refractivity contribution is 5.98. The van der Waals surface area contributed by atoms with Crippen LogP contribution in [0.25, 0.3) is 27.6 Å². The van der Waals surface area contributed by atoms with Crippen LogP contribution in [0.4, 0.5) is 5.69 Å². The van der Waals surface area contributed by atoms with E-state index >= 15 is 0 Å². The van der Waals surface area contributed by atoms with Gasteiger partial charge in [0.1, 0.15) is 0 Å². The fourth-order valence-corrected chi connectivity index (χ4v) is 5.92. The molecular weight excluding hydrogens is 468 g/mol. The number of aromatic nitrogens is 1. The van der Waals surface area contributed by atoms with E-state index in [-0.39, 0.29) is 5.56 Å². The van der Waals surface area contributed by atoms with Gasteiger partial charge < -0.3 is 9.80 Å². The molecule has 0 aliphatic carbocycles. The van der Waals surface area contributed by atoms with Crippen LogP contribution in [0.5, 0.6) is 0 Å². The van der Waals surface area contributed by atoms with E-state index in [4.69, 9.17) is 5.26 Å². The number of aryl methyl sites for hydroxylation is 1. The Morgan fingerprint density at radius 1 is 0.974 bits per heavy atom. The molecule has 0 saturated carbocycles. The van der Waals surface area contributed by atoms with Crippen molar-refractivity contribution in [2.45, 2.75) is 46.2 Å². The van der Waals surface area contributed by atoms with Crippen molar-refractivity contribution in [1.29, 1.82) is 5.26 Å². The minimum absolute atomic E-state index is 0.0391. The van der Waals surface area contributed by atoms with Crippen LogP contribution in [0.15, 0.2) is 90.0 Å². The van der Waals surface area contributed by atoms with Crippen molar-refractivity contribution in [2.24, 2.45) is 0 Å². The van der Waals surface area contributed by atoms with Crippen LogP contribution < -0.4 is 10.5 Å². The molecule has 0 bridgehead atoms. The lowest BCUT2D eigenvalue weighted by atomic mass is 9.96. The quantitative estimate of drug-likeness (QED) is 0.306. The number of piperazine rings is 1. The van der Waals surface area contributed by atoms with Crippen LogP contribution in [-0.2, 0) is 0 Å². The molecule has 0 radical (unpaired) electrons. The molecule has 1 aliphatic heterocycles. The summed E-state index contributed by atoms with van der Waals surface area (Å²) in [6, 6.07) is 24.6. The van der Waals surface area contributed by atoms with Crippen LogP contribution in [0.1, 0.15) is 38.3 Å². The Kier molecular flexibility index (Phi) is 6.82. The first-order chi connectivity index (χ1) is 18.3. The van der Waals surface area contributed by atoms with Crippen molar-refractivity contribution in [1.82, 2.24) is 9.47 Å². The van der Waals surface area contributed by atoms with Crippen molar-refractivity contribution >= 4 is 16.5 Å². The van der Waals surface area contributed by atoms with Crippen LogP contribution >= 0.6 is 0 Å². The minimum Gasteiger partial charge on any atom is -0.367 e. The van der Waals surface area contributed by atoms with E-state index in [1.54, 1.807) is 4.57 Å². The molecule has 1 aromatic heterocycles. The van der Waals surface area contributed by atoms with Crippen molar-refractivity contribution in [3.63, 3.8) is 0 Å². The second-order valence-corrected chi connectivity index (χ2v) is 10.4. The predicted octanol–water partition coefficient (Wildman–Crippen LogP) is 6.66. The van der Waals surface area contributed by atoms with Gasteiger partial charge in [-0.25, -0.2) is 0 Å². The number of hydrogen-bond acceptors (Lipinski definition) is 4. The molecule has 38 heavy (non-hydrogen) atoms. The summed E-state index contributed by atoms with van der Waals surface area (Å²) in [4.78, 5) is 18.5. The van der Waals surface area contributed by atoms with Gasteiger partial charge in [-0.1, -0.05) is 37.8 Å². The smallest absolute Gasteiger partial charge is 0.262 e. The molecule has 2 unspecified atom stereocenters. The number of fused-ring (bicyclic) bond motifs is 1. The fraction of sp³-hybridized carbons (Fsp3) is 0.273. The highest BCUT2D eigenvalue weighted by atomic mass is 16.1. The van der Waals surface area contributed by atoms with E-state index < -0.39 is 0 Å².